The maximum absolute atomic E-state index is 11.8. The lowest BCUT2D eigenvalue weighted by molar-refractivity contribution is -0.138. The third-order valence-electron chi connectivity index (χ3n) is 1.92. The summed E-state index contributed by atoms with van der Waals surface area (Å²) >= 11 is 0. The second-order valence-electron chi connectivity index (χ2n) is 3.60. The molecule has 3 nitrogen and oxygen atoms in total. The molecule has 1 atom stereocenters. The first kappa shape index (κ1) is 15.7. The fourth-order valence-electron chi connectivity index (χ4n) is 1.10. The third-order valence-corrected chi connectivity index (χ3v) is 1.92. The molecule has 0 bridgehead atoms. The van der Waals surface area contributed by atoms with E-state index in [9.17, 15) is 13.2 Å². The van der Waals surface area contributed by atoms with Gasteiger partial charge in [0.05, 0.1) is 12.7 Å². The molecule has 0 radical (unpaired) electrons. The molecule has 0 rings (SSSR count). The summed E-state index contributed by atoms with van der Waals surface area (Å²) < 4.78 is 45.4. The maximum Gasteiger partial charge on any atom is 0.389 e. The average molecular weight is 243 g/mol. The Balaban J connectivity index is 3.27. The topological polar surface area (TPSA) is 30.5 Å². The van der Waals surface area contributed by atoms with Gasteiger partial charge in [-0.2, -0.15) is 13.2 Å². The van der Waals surface area contributed by atoms with Crippen molar-refractivity contribution in [3.8, 4) is 0 Å². The fraction of sp³-hybridized carbons (Fsp3) is 1.00. The number of rotatable bonds is 9. The van der Waals surface area contributed by atoms with Crippen LogP contribution in [0.4, 0.5) is 13.2 Å². The zero-order valence-corrected chi connectivity index (χ0v) is 9.77. The maximum atomic E-state index is 11.8. The Morgan fingerprint density at radius 3 is 2.50 bits per heavy atom. The molecule has 6 heteroatoms. The Morgan fingerprint density at radius 1 is 1.25 bits per heavy atom. The van der Waals surface area contributed by atoms with Gasteiger partial charge in [0, 0.05) is 33.2 Å². The normalized spacial score (nSPS) is 14.1. The molecule has 0 aromatic heterocycles. The largest absolute Gasteiger partial charge is 0.389 e. The highest BCUT2D eigenvalue weighted by Crippen LogP contribution is 2.21. The molecule has 1 N–H and O–H groups in total. The van der Waals surface area contributed by atoms with Gasteiger partial charge >= 0.3 is 6.18 Å². The highest BCUT2D eigenvalue weighted by molar-refractivity contribution is 4.56. The molecule has 98 valence electrons. The van der Waals surface area contributed by atoms with Gasteiger partial charge in [0.2, 0.25) is 0 Å². The van der Waals surface area contributed by atoms with E-state index in [4.69, 9.17) is 9.47 Å². The molecule has 1 unspecified atom stereocenters. The van der Waals surface area contributed by atoms with E-state index < -0.39 is 12.6 Å². The zero-order valence-electron chi connectivity index (χ0n) is 9.77. The molecule has 16 heavy (non-hydrogen) atoms. The van der Waals surface area contributed by atoms with Crippen molar-refractivity contribution in [2.24, 2.45) is 0 Å². The first-order valence-corrected chi connectivity index (χ1v) is 5.33. The molecule has 0 aliphatic carbocycles. The molecule has 0 aliphatic rings. The van der Waals surface area contributed by atoms with E-state index in [-0.39, 0.29) is 19.1 Å². The predicted octanol–water partition coefficient (Wildman–Crippen LogP) is 1.97. The third kappa shape index (κ3) is 11.7. The molecular formula is C10H20F3NO2. The number of ether oxygens (including phenoxy) is 2. The second kappa shape index (κ2) is 8.78. The van der Waals surface area contributed by atoms with Crippen LogP contribution >= 0.6 is 0 Å². The highest BCUT2D eigenvalue weighted by Gasteiger charge is 2.26. The van der Waals surface area contributed by atoms with E-state index in [2.05, 4.69) is 5.32 Å². The van der Waals surface area contributed by atoms with Crippen LogP contribution in [0.5, 0.6) is 0 Å². The van der Waals surface area contributed by atoms with Crippen molar-refractivity contribution in [3.63, 3.8) is 0 Å². The Hall–Kier alpha value is -0.330. The van der Waals surface area contributed by atoms with Gasteiger partial charge < -0.3 is 14.8 Å². The Morgan fingerprint density at radius 2 is 1.94 bits per heavy atom. The predicted molar refractivity (Wildman–Crippen MR) is 55.4 cm³/mol. The monoisotopic (exact) mass is 243 g/mol. The molecule has 0 aromatic rings. The smallest absolute Gasteiger partial charge is 0.383 e. The van der Waals surface area contributed by atoms with Crippen LogP contribution in [0, 0.1) is 0 Å². The van der Waals surface area contributed by atoms with Gasteiger partial charge in [0.1, 0.15) is 0 Å². The molecule has 0 heterocycles. The SMILES string of the molecule is COCCNCC(C)OCCCC(F)(F)F. The van der Waals surface area contributed by atoms with Gasteiger partial charge in [-0.25, -0.2) is 0 Å². The van der Waals surface area contributed by atoms with Gasteiger partial charge in [0.15, 0.2) is 0 Å². The molecule has 0 amide bonds. The lowest BCUT2D eigenvalue weighted by atomic mass is 10.3. The number of hydrogen-bond acceptors (Lipinski definition) is 3. The summed E-state index contributed by atoms with van der Waals surface area (Å²) in [5, 5.41) is 3.07. The summed E-state index contributed by atoms with van der Waals surface area (Å²) in [5.74, 6) is 0. The van der Waals surface area contributed by atoms with Crippen molar-refractivity contribution < 1.29 is 22.6 Å². The van der Waals surface area contributed by atoms with Crippen LogP contribution < -0.4 is 5.32 Å². The summed E-state index contributed by atoms with van der Waals surface area (Å²) in [5.41, 5.74) is 0. The summed E-state index contributed by atoms with van der Waals surface area (Å²) in [6.07, 6.45) is -4.92. The first-order chi connectivity index (χ1) is 7.45. The summed E-state index contributed by atoms with van der Waals surface area (Å²) in [6.45, 7) is 3.92. The van der Waals surface area contributed by atoms with Crippen molar-refractivity contribution in [3.05, 3.63) is 0 Å². The van der Waals surface area contributed by atoms with Crippen molar-refractivity contribution in [1.82, 2.24) is 5.32 Å². The molecule has 0 aromatic carbocycles. The number of methoxy groups -OCH3 is 1. The van der Waals surface area contributed by atoms with E-state index in [0.29, 0.717) is 19.7 Å². The molecular weight excluding hydrogens is 223 g/mol. The number of alkyl halides is 3. The van der Waals surface area contributed by atoms with Crippen LogP contribution in [-0.4, -0.2) is 45.7 Å². The van der Waals surface area contributed by atoms with E-state index in [1.165, 1.54) is 0 Å². The van der Waals surface area contributed by atoms with Crippen LogP contribution in [0.1, 0.15) is 19.8 Å². The standard InChI is InChI=1S/C10H20F3NO2/c1-9(8-14-5-7-15-2)16-6-3-4-10(11,12)13/h9,14H,3-8H2,1-2H3. The summed E-state index contributed by atoms with van der Waals surface area (Å²) in [6, 6.07) is 0. The van der Waals surface area contributed by atoms with Gasteiger partial charge in [-0.15, -0.1) is 0 Å². The van der Waals surface area contributed by atoms with Crippen molar-refractivity contribution in [2.75, 3.05) is 33.4 Å². The molecule has 0 spiro atoms. The number of hydrogen-bond donors (Lipinski definition) is 1. The van der Waals surface area contributed by atoms with Crippen LogP contribution in [-0.2, 0) is 9.47 Å². The summed E-state index contributed by atoms with van der Waals surface area (Å²) in [4.78, 5) is 0. The number of nitrogens with one attached hydrogen (secondary N) is 1. The van der Waals surface area contributed by atoms with Gasteiger partial charge in [-0.3, -0.25) is 0 Å². The average Bonchev–Trinajstić information content (AvgIpc) is 2.18. The first-order valence-electron chi connectivity index (χ1n) is 5.33. The second-order valence-corrected chi connectivity index (χ2v) is 3.60. The van der Waals surface area contributed by atoms with Crippen LogP contribution in [0.3, 0.4) is 0 Å². The number of halogens is 3. The van der Waals surface area contributed by atoms with Gasteiger partial charge in [-0.05, 0) is 13.3 Å². The Bertz CT molecular complexity index is 165. The Kier molecular flexibility index (Phi) is 8.60. The van der Waals surface area contributed by atoms with Crippen molar-refractivity contribution in [1.29, 1.82) is 0 Å². The fourth-order valence-corrected chi connectivity index (χ4v) is 1.10. The van der Waals surface area contributed by atoms with E-state index in [1.807, 2.05) is 6.92 Å². The quantitative estimate of drug-likeness (QED) is 0.628. The minimum Gasteiger partial charge on any atom is -0.383 e. The highest BCUT2D eigenvalue weighted by atomic mass is 19.4. The van der Waals surface area contributed by atoms with Crippen LogP contribution in [0.2, 0.25) is 0 Å². The molecule has 0 saturated carbocycles. The minimum atomic E-state index is -4.08. The summed E-state index contributed by atoms with van der Waals surface area (Å²) in [7, 11) is 1.61. The van der Waals surface area contributed by atoms with Crippen molar-refractivity contribution in [2.45, 2.75) is 32.0 Å². The van der Waals surface area contributed by atoms with E-state index >= 15 is 0 Å². The van der Waals surface area contributed by atoms with E-state index in [0.717, 1.165) is 0 Å². The lowest BCUT2D eigenvalue weighted by Crippen LogP contribution is -2.29. The van der Waals surface area contributed by atoms with Crippen LogP contribution in [0.25, 0.3) is 0 Å². The minimum absolute atomic E-state index is 0.0198. The molecule has 0 fully saturated rings. The zero-order chi connectivity index (χ0) is 12.4. The van der Waals surface area contributed by atoms with E-state index in [1.54, 1.807) is 7.11 Å². The van der Waals surface area contributed by atoms with Gasteiger partial charge in [0.25, 0.3) is 0 Å². The molecule has 0 aliphatic heterocycles. The van der Waals surface area contributed by atoms with Gasteiger partial charge in [-0.1, -0.05) is 0 Å². The lowest BCUT2D eigenvalue weighted by Gasteiger charge is -2.14. The van der Waals surface area contributed by atoms with Crippen LogP contribution in [0.15, 0.2) is 0 Å². The Labute approximate surface area is 94.3 Å². The van der Waals surface area contributed by atoms with Crippen molar-refractivity contribution >= 4 is 0 Å². The molecule has 0 saturated heterocycles.